The van der Waals surface area contributed by atoms with Crippen molar-refractivity contribution in [2.24, 2.45) is 0 Å². The minimum absolute atomic E-state index is 0.00719. The number of nitrogens with zero attached hydrogens (tertiary/aromatic N) is 3. The number of likely N-dealkylation sites (N-methyl/N-ethyl adjacent to an activating group) is 1. The molecule has 0 aliphatic carbocycles. The second-order valence-electron chi connectivity index (χ2n) is 11.4. The Hall–Kier alpha value is -5.02. The molecule has 2 amide bonds. The van der Waals surface area contributed by atoms with Crippen molar-refractivity contribution in [3.8, 4) is 16.2 Å². The number of para-hydroxylation sites is 3. The first-order valence-corrected chi connectivity index (χ1v) is 15.7. The summed E-state index contributed by atoms with van der Waals surface area (Å²) in [4.78, 5) is 37.2. The number of rotatable bonds is 6. The second kappa shape index (κ2) is 11.8. The highest BCUT2D eigenvalue weighted by Crippen LogP contribution is 2.42. The Morgan fingerprint density at radius 2 is 1.82 bits per heavy atom. The first-order valence-electron chi connectivity index (χ1n) is 14.9. The number of nitrogens with one attached hydrogen (secondary N) is 1. The third kappa shape index (κ3) is 5.55. The lowest BCUT2D eigenvalue weighted by Crippen LogP contribution is -2.35. The third-order valence-electron chi connectivity index (χ3n) is 8.32. The fourth-order valence-electron chi connectivity index (χ4n) is 6.03. The average molecular weight is 619 g/mol. The molecule has 2 aliphatic rings. The van der Waals surface area contributed by atoms with E-state index in [4.69, 9.17) is 9.72 Å². The number of pyridine rings is 1. The summed E-state index contributed by atoms with van der Waals surface area (Å²) in [6.07, 6.45) is 1.39. The molecule has 0 saturated heterocycles. The van der Waals surface area contributed by atoms with Crippen LogP contribution in [0.3, 0.4) is 0 Å². The molecule has 7 nitrogen and oxygen atoms in total. The first-order chi connectivity index (χ1) is 21.9. The number of fused-ring (bicyclic) bond motifs is 4. The molecule has 1 unspecified atom stereocenters. The number of hydrogen-bond donors (Lipinski definition) is 1. The van der Waals surface area contributed by atoms with Crippen LogP contribution in [0.25, 0.3) is 10.4 Å². The van der Waals surface area contributed by atoms with Crippen LogP contribution in [0.5, 0.6) is 5.75 Å². The minimum Gasteiger partial charge on any atom is -0.488 e. The van der Waals surface area contributed by atoms with Crippen LogP contribution < -0.4 is 19.9 Å². The van der Waals surface area contributed by atoms with Crippen LogP contribution in [-0.2, 0) is 12.8 Å². The maximum atomic E-state index is 14.4. The Morgan fingerprint density at radius 1 is 1.02 bits per heavy atom. The molecule has 3 aromatic carbocycles. The molecule has 1 N–H and O–H groups in total. The number of aromatic nitrogens is 1. The number of carbonyl (C=O) groups is 2. The maximum absolute atomic E-state index is 14.4. The van der Waals surface area contributed by atoms with E-state index in [-0.39, 0.29) is 23.6 Å². The summed E-state index contributed by atoms with van der Waals surface area (Å²) in [6.45, 7) is 2.82. The third-order valence-corrected chi connectivity index (χ3v) is 9.53. The van der Waals surface area contributed by atoms with Gasteiger partial charge in [0.2, 0.25) is 0 Å². The van der Waals surface area contributed by atoms with E-state index in [2.05, 4.69) is 11.4 Å². The van der Waals surface area contributed by atoms with E-state index >= 15 is 0 Å². The normalized spacial score (nSPS) is 14.9. The van der Waals surface area contributed by atoms with E-state index < -0.39 is 5.82 Å². The van der Waals surface area contributed by atoms with Gasteiger partial charge in [0.05, 0.1) is 22.8 Å². The summed E-state index contributed by atoms with van der Waals surface area (Å²) < 4.78 is 20.5. The Balaban J connectivity index is 1.11. The molecule has 226 valence electrons. The number of ether oxygens (including phenoxy) is 1. The van der Waals surface area contributed by atoms with Gasteiger partial charge >= 0.3 is 0 Å². The maximum Gasteiger partial charge on any atom is 0.276 e. The van der Waals surface area contributed by atoms with E-state index in [0.29, 0.717) is 41.5 Å². The molecule has 2 aliphatic heterocycles. The Labute approximate surface area is 264 Å². The standard InChI is InChI=1S/C36H31FN4O3S/c1-22-9-7-12-27(37)33(22)39-35(42)31-20-24-17-18-41(29-14-5-4-11-26(29)34(24)45-31)36(43)28-13-8-16-32(38-28)40(2)21-25-19-23-10-3-6-15-30(23)44-25/h3-16,20,25H,17-19,21H2,1-2H3,(H,39,42). The average Bonchev–Trinajstić information content (AvgIpc) is 3.63. The van der Waals surface area contributed by atoms with Crippen LogP contribution in [0.1, 0.15) is 36.9 Å². The number of halogens is 1. The summed E-state index contributed by atoms with van der Waals surface area (Å²) in [5.74, 6) is 0.605. The van der Waals surface area contributed by atoms with E-state index in [1.807, 2.05) is 72.6 Å². The number of hydrogen-bond acceptors (Lipinski definition) is 6. The number of amides is 2. The van der Waals surface area contributed by atoms with Gasteiger partial charge in [-0.25, -0.2) is 9.37 Å². The molecular weight excluding hydrogens is 587 g/mol. The van der Waals surface area contributed by atoms with Gasteiger partial charge in [-0.1, -0.05) is 54.6 Å². The molecule has 2 aromatic heterocycles. The molecule has 0 saturated carbocycles. The largest absolute Gasteiger partial charge is 0.488 e. The number of carbonyl (C=O) groups excluding carboxylic acids is 2. The molecule has 0 fully saturated rings. The van der Waals surface area contributed by atoms with Crippen molar-refractivity contribution in [2.45, 2.75) is 25.9 Å². The molecule has 45 heavy (non-hydrogen) atoms. The molecule has 5 aromatic rings. The van der Waals surface area contributed by atoms with Gasteiger partial charge in [-0.15, -0.1) is 11.3 Å². The van der Waals surface area contributed by atoms with Gasteiger partial charge in [-0.2, -0.15) is 0 Å². The summed E-state index contributed by atoms with van der Waals surface area (Å²) in [5.41, 5.74) is 5.00. The number of anilines is 3. The van der Waals surface area contributed by atoms with Gasteiger partial charge in [-0.3, -0.25) is 9.59 Å². The van der Waals surface area contributed by atoms with Gasteiger partial charge < -0.3 is 19.9 Å². The van der Waals surface area contributed by atoms with Gasteiger partial charge in [0.25, 0.3) is 11.8 Å². The Bertz CT molecular complexity index is 1890. The van der Waals surface area contributed by atoms with Gasteiger partial charge in [0.15, 0.2) is 0 Å². The van der Waals surface area contributed by atoms with Crippen molar-refractivity contribution in [1.82, 2.24) is 4.98 Å². The fourth-order valence-corrected chi connectivity index (χ4v) is 7.17. The molecule has 1 atom stereocenters. The van der Waals surface area contributed by atoms with Crippen molar-refractivity contribution in [3.63, 3.8) is 0 Å². The van der Waals surface area contributed by atoms with Crippen molar-refractivity contribution < 1.29 is 18.7 Å². The molecule has 9 heteroatoms. The molecule has 0 spiro atoms. The molecule has 0 bridgehead atoms. The zero-order valence-corrected chi connectivity index (χ0v) is 25.7. The van der Waals surface area contributed by atoms with Gasteiger partial charge in [0, 0.05) is 30.5 Å². The second-order valence-corrected chi connectivity index (χ2v) is 12.4. The molecule has 4 heterocycles. The van der Waals surface area contributed by atoms with Crippen molar-refractivity contribution in [1.29, 1.82) is 0 Å². The van der Waals surface area contributed by atoms with Crippen LogP contribution in [0.2, 0.25) is 0 Å². The van der Waals surface area contributed by atoms with Crippen LogP contribution in [0, 0.1) is 12.7 Å². The van der Waals surface area contributed by atoms with Crippen molar-refractivity contribution in [2.75, 3.05) is 35.3 Å². The monoisotopic (exact) mass is 618 g/mol. The number of aryl methyl sites for hydroxylation is 1. The predicted octanol–water partition coefficient (Wildman–Crippen LogP) is 7.15. The van der Waals surface area contributed by atoms with Crippen LogP contribution >= 0.6 is 11.3 Å². The van der Waals surface area contributed by atoms with E-state index in [9.17, 15) is 14.0 Å². The smallest absolute Gasteiger partial charge is 0.276 e. The van der Waals surface area contributed by atoms with Crippen LogP contribution in [-0.4, -0.2) is 43.0 Å². The Morgan fingerprint density at radius 3 is 2.67 bits per heavy atom. The Kier molecular flexibility index (Phi) is 7.55. The number of thiophene rings is 1. The van der Waals surface area contributed by atoms with E-state index in [1.165, 1.54) is 23.0 Å². The highest BCUT2D eigenvalue weighted by Gasteiger charge is 2.29. The van der Waals surface area contributed by atoms with Crippen LogP contribution in [0.15, 0.2) is 91.0 Å². The summed E-state index contributed by atoms with van der Waals surface area (Å²) in [6, 6.07) is 27.9. The van der Waals surface area contributed by atoms with Gasteiger partial charge in [0.1, 0.15) is 29.2 Å². The van der Waals surface area contributed by atoms with Crippen LogP contribution in [0.4, 0.5) is 21.6 Å². The highest BCUT2D eigenvalue weighted by molar-refractivity contribution is 7.17. The quantitative estimate of drug-likeness (QED) is 0.219. The molecule has 7 rings (SSSR count). The lowest BCUT2D eigenvalue weighted by atomic mass is 10.1. The highest BCUT2D eigenvalue weighted by atomic mass is 32.1. The minimum atomic E-state index is -0.470. The zero-order valence-electron chi connectivity index (χ0n) is 24.9. The van der Waals surface area contributed by atoms with Crippen molar-refractivity contribution >= 4 is 40.3 Å². The SMILES string of the molecule is Cc1cccc(F)c1NC(=O)c1cc2c(s1)-c1ccccc1N(C(=O)c1cccc(N(C)CC3Cc4ccccc4O3)n1)CC2. The predicted molar refractivity (Wildman–Crippen MR) is 176 cm³/mol. The summed E-state index contributed by atoms with van der Waals surface area (Å²) in [7, 11) is 1.96. The van der Waals surface area contributed by atoms with E-state index in [1.54, 1.807) is 30.0 Å². The van der Waals surface area contributed by atoms with Gasteiger partial charge in [-0.05, 0) is 66.4 Å². The summed E-state index contributed by atoms with van der Waals surface area (Å²) >= 11 is 1.35. The lowest BCUT2D eigenvalue weighted by molar-refractivity contribution is 0.0981. The zero-order chi connectivity index (χ0) is 31.1. The van der Waals surface area contributed by atoms with E-state index in [0.717, 1.165) is 33.9 Å². The molecular formula is C36H31FN4O3S. The number of benzene rings is 3. The van der Waals surface area contributed by atoms with Crippen molar-refractivity contribution in [3.05, 3.63) is 124 Å². The summed E-state index contributed by atoms with van der Waals surface area (Å²) in [5, 5.41) is 2.75. The molecule has 0 radical (unpaired) electrons. The first kappa shape index (κ1) is 28.7. The fraction of sp³-hybridized carbons (Fsp3) is 0.194. The topological polar surface area (TPSA) is 74.8 Å². The lowest BCUT2D eigenvalue weighted by Gasteiger charge is -2.25.